The summed E-state index contributed by atoms with van der Waals surface area (Å²) in [6, 6.07) is 7.69. The summed E-state index contributed by atoms with van der Waals surface area (Å²) in [7, 11) is 0. The van der Waals surface area contributed by atoms with Gasteiger partial charge in [0.05, 0.1) is 12.7 Å². The lowest BCUT2D eigenvalue weighted by molar-refractivity contribution is 0.0575. The van der Waals surface area contributed by atoms with E-state index in [4.69, 9.17) is 10.5 Å². The fraction of sp³-hybridized carbons (Fsp3) is 0.381. The van der Waals surface area contributed by atoms with Crippen LogP contribution in [0.25, 0.3) is 5.65 Å². The molecule has 152 valence electrons. The third-order valence-electron chi connectivity index (χ3n) is 4.64. The molecule has 7 nitrogen and oxygen atoms in total. The summed E-state index contributed by atoms with van der Waals surface area (Å²) >= 11 is 0. The van der Waals surface area contributed by atoms with Crippen molar-refractivity contribution in [2.45, 2.75) is 51.7 Å². The van der Waals surface area contributed by atoms with Gasteiger partial charge in [0.25, 0.3) is 0 Å². The van der Waals surface area contributed by atoms with Gasteiger partial charge < -0.3 is 10.5 Å². The van der Waals surface area contributed by atoms with Crippen molar-refractivity contribution in [1.29, 1.82) is 0 Å². The zero-order valence-corrected chi connectivity index (χ0v) is 16.7. The first kappa shape index (κ1) is 19.2. The number of halogens is 1. The van der Waals surface area contributed by atoms with Crippen molar-refractivity contribution in [2.24, 2.45) is 0 Å². The van der Waals surface area contributed by atoms with Gasteiger partial charge in [0.1, 0.15) is 23.1 Å². The van der Waals surface area contributed by atoms with Crippen LogP contribution in [-0.4, -0.2) is 26.3 Å². The molecule has 1 aliphatic rings. The molecule has 1 saturated carbocycles. The van der Waals surface area contributed by atoms with Crippen LogP contribution < -0.4 is 10.6 Å². The number of carbonyl (C=O) groups excluding carboxylic acids is 1. The van der Waals surface area contributed by atoms with Crippen molar-refractivity contribution in [3.8, 4) is 0 Å². The van der Waals surface area contributed by atoms with Gasteiger partial charge in [0, 0.05) is 11.6 Å². The summed E-state index contributed by atoms with van der Waals surface area (Å²) in [5, 5.41) is 4.46. The van der Waals surface area contributed by atoms with Gasteiger partial charge in [-0.25, -0.2) is 14.2 Å². The van der Waals surface area contributed by atoms with Crippen LogP contribution in [0.4, 0.5) is 20.8 Å². The molecule has 0 unspecified atom stereocenters. The number of rotatable bonds is 4. The molecule has 2 N–H and O–H groups in total. The maximum atomic E-state index is 13.7. The van der Waals surface area contributed by atoms with E-state index in [0.717, 1.165) is 18.4 Å². The van der Waals surface area contributed by atoms with Crippen LogP contribution in [0, 0.1) is 5.82 Å². The minimum atomic E-state index is -0.696. The summed E-state index contributed by atoms with van der Waals surface area (Å²) in [4.78, 5) is 18.9. The van der Waals surface area contributed by atoms with Gasteiger partial charge in [-0.2, -0.15) is 9.61 Å². The van der Waals surface area contributed by atoms with Crippen LogP contribution in [0.1, 0.15) is 50.7 Å². The smallest absolute Gasteiger partial charge is 0.416 e. The Bertz CT molecular complexity index is 1070. The number of benzene rings is 1. The number of nitrogens with two attached hydrogens (primary N) is 1. The molecule has 8 heteroatoms. The van der Waals surface area contributed by atoms with Crippen molar-refractivity contribution in [2.75, 3.05) is 10.6 Å². The number of nitrogen functional groups attached to an aromatic ring is 1. The molecule has 1 aromatic carbocycles. The van der Waals surface area contributed by atoms with Gasteiger partial charge in [0.15, 0.2) is 5.65 Å². The second-order valence-corrected chi connectivity index (χ2v) is 8.35. The van der Waals surface area contributed by atoms with E-state index in [2.05, 4.69) is 10.1 Å². The number of carbonyl (C=O) groups is 1. The first-order chi connectivity index (χ1) is 13.7. The Morgan fingerprint density at radius 3 is 2.76 bits per heavy atom. The van der Waals surface area contributed by atoms with E-state index in [0.29, 0.717) is 22.9 Å². The summed E-state index contributed by atoms with van der Waals surface area (Å²) in [5.74, 6) is 0.759. The molecule has 1 amide bonds. The van der Waals surface area contributed by atoms with Crippen molar-refractivity contribution >= 4 is 23.4 Å². The number of hydrogen-bond acceptors (Lipinski definition) is 5. The Labute approximate surface area is 168 Å². The Balaban J connectivity index is 1.80. The highest BCUT2D eigenvalue weighted by molar-refractivity contribution is 5.87. The number of ether oxygens (including phenoxy) is 1. The average Bonchev–Trinajstić information content (AvgIpc) is 3.37. The molecule has 0 radical (unpaired) electrons. The molecule has 2 heterocycles. The SMILES string of the molecule is CC(C)(C)OC(=O)N(Cc1cccc(F)c1)c1cc(N)nc2c(C3CC3)cnn12. The number of nitrogens with zero attached hydrogens (tertiary/aromatic N) is 4. The largest absolute Gasteiger partial charge is 0.443 e. The number of anilines is 2. The Morgan fingerprint density at radius 2 is 2.10 bits per heavy atom. The molecule has 29 heavy (non-hydrogen) atoms. The lowest BCUT2D eigenvalue weighted by atomic mass is 10.2. The van der Waals surface area contributed by atoms with E-state index in [-0.39, 0.29) is 18.2 Å². The lowest BCUT2D eigenvalue weighted by Crippen LogP contribution is -2.37. The third kappa shape index (κ3) is 4.16. The van der Waals surface area contributed by atoms with Crippen molar-refractivity contribution in [3.63, 3.8) is 0 Å². The molecule has 0 aliphatic heterocycles. The molecular formula is C21H24FN5O2. The number of amides is 1. The third-order valence-corrected chi connectivity index (χ3v) is 4.64. The van der Waals surface area contributed by atoms with Crippen LogP contribution in [-0.2, 0) is 11.3 Å². The van der Waals surface area contributed by atoms with Gasteiger partial charge >= 0.3 is 6.09 Å². The van der Waals surface area contributed by atoms with E-state index in [1.807, 2.05) is 0 Å². The zero-order valence-electron chi connectivity index (χ0n) is 16.7. The van der Waals surface area contributed by atoms with Gasteiger partial charge in [-0.1, -0.05) is 12.1 Å². The molecule has 3 aromatic rings. The average molecular weight is 397 g/mol. The van der Waals surface area contributed by atoms with Gasteiger partial charge in [0.2, 0.25) is 0 Å². The Morgan fingerprint density at radius 1 is 1.34 bits per heavy atom. The van der Waals surface area contributed by atoms with E-state index in [9.17, 15) is 9.18 Å². The molecule has 0 bridgehead atoms. The van der Waals surface area contributed by atoms with E-state index < -0.39 is 11.7 Å². The van der Waals surface area contributed by atoms with Gasteiger partial charge in [-0.3, -0.25) is 4.90 Å². The predicted octanol–water partition coefficient (Wildman–Crippen LogP) is 4.27. The number of aromatic nitrogens is 3. The quantitative estimate of drug-likeness (QED) is 0.711. The van der Waals surface area contributed by atoms with Gasteiger partial charge in [-0.15, -0.1) is 0 Å². The maximum Gasteiger partial charge on any atom is 0.416 e. The maximum absolute atomic E-state index is 13.7. The van der Waals surface area contributed by atoms with Crippen LogP contribution in [0.3, 0.4) is 0 Å². The fourth-order valence-corrected chi connectivity index (χ4v) is 3.23. The lowest BCUT2D eigenvalue weighted by Gasteiger charge is -2.27. The molecule has 0 atom stereocenters. The van der Waals surface area contributed by atoms with E-state index in [1.54, 1.807) is 49.7 Å². The monoisotopic (exact) mass is 397 g/mol. The van der Waals surface area contributed by atoms with Crippen LogP contribution >= 0.6 is 0 Å². The minimum absolute atomic E-state index is 0.101. The highest BCUT2D eigenvalue weighted by atomic mass is 19.1. The second kappa shape index (κ2) is 7.02. The zero-order chi connectivity index (χ0) is 20.8. The Kier molecular flexibility index (Phi) is 4.64. The second-order valence-electron chi connectivity index (χ2n) is 8.35. The summed E-state index contributed by atoms with van der Waals surface area (Å²) in [6.45, 7) is 5.48. The van der Waals surface area contributed by atoms with Gasteiger partial charge in [-0.05, 0) is 57.2 Å². The first-order valence-electron chi connectivity index (χ1n) is 9.60. The molecule has 1 aliphatic carbocycles. The van der Waals surface area contributed by atoms with Crippen LogP contribution in [0.5, 0.6) is 0 Å². The molecule has 4 rings (SSSR count). The highest BCUT2D eigenvalue weighted by Gasteiger charge is 2.31. The summed E-state index contributed by atoms with van der Waals surface area (Å²) < 4.78 is 20.9. The van der Waals surface area contributed by atoms with Crippen molar-refractivity contribution in [3.05, 3.63) is 53.5 Å². The number of fused-ring (bicyclic) bond motifs is 1. The summed E-state index contributed by atoms with van der Waals surface area (Å²) in [6.07, 6.45) is 3.38. The molecular weight excluding hydrogens is 373 g/mol. The van der Waals surface area contributed by atoms with Crippen LogP contribution in [0.2, 0.25) is 0 Å². The Hall–Kier alpha value is -3.16. The minimum Gasteiger partial charge on any atom is -0.443 e. The molecule has 0 saturated heterocycles. The van der Waals surface area contributed by atoms with Crippen molar-refractivity contribution < 1.29 is 13.9 Å². The normalized spacial score (nSPS) is 14.2. The van der Waals surface area contributed by atoms with Crippen LogP contribution in [0.15, 0.2) is 36.5 Å². The topological polar surface area (TPSA) is 85.8 Å². The summed E-state index contributed by atoms with van der Waals surface area (Å²) in [5.41, 5.74) is 7.64. The molecule has 1 fully saturated rings. The highest BCUT2D eigenvalue weighted by Crippen LogP contribution is 2.42. The fourth-order valence-electron chi connectivity index (χ4n) is 3.23. The van der Waals surface area contributed by atoms with E-state index >= 15 is 0 Å². The first-order valence-corrected chi connectivity index (χ1v) is 9.60. The number of hydrogen-bond donors (Lipinski definition) is 1. The van der Waals surface area contributed by atoms with E-state index in [1.165, 1.54) is 17.0 Å². The molecule has 2 aromatic heterocycles. The molecule has 0 spiro atoms. The van der Waals surface area contributed by atoms with Crippen molar-refractivity contribution in [1.82, 2.24) is 14.6 Å². The predicted molar refractivity (Wildman–Crippen MR) is 108 cm³/mol. The standard InChI is InChI=1S/C21H24FN5O2/c1-21(2,3)29-20(28)26(12-13-5-4-6-15(22)9-13)18-10-17(23)25-19-16(14-7-8-14)11-24-27(18)19/h4-6,9-11,14H,7-8,12H2,1-3H3,(H2,23,25).